The number of rotatable bonds is 5. The first kappa shape index (κ1) is 16.3. The molecule has 0 radical (unpaired) electrons. The van der Waals surface area contributed by atoms with Crippen LogP contribution >= 0.6 is 0 Å². The van der Waals surface area contributed by atoms with Crippen molar-refractivity contribution in [2.24, 2.45) is 5.92 Å². The van der Waals surface area contributed by atoms with E-state index >= 15 is 0 Å². The van der Waals surface area contributed by atoms with Crippen molar-refractivity contribution in [3.63, 3.8) is 0 Å². The summed E-state index contributed by atoms with van der Waals surface area (Å²) in [5, 5.41) is 4.07. The summed E-state index contributed by atoms with van der Waals surface area (Å²) >= 11 is 0. The van der Waals surface area contributed by atoms with Gasteiger partial charge in [0.15, 0.2) is 5.82 Å². The fourth-order valence-electron chi connectivity index (χ4n) is 3.93. The van der Waals surface area contributed by atoms with Crippen LogP contribution in [0.25, 0.3) is 0 Å². The first-order valence-corrected chi connectivity index (χ1v) is 9.46. The molecule has 4 rings (SSSR count). The van der Waals surface area contributed by atoms with Crippen LogP contribution in [0.4, 0.5) is 0 Å². The van der Waals surface area contributed by atoms with Crippen LogP contribution in [0, 0.1) is 5.92 Å². The second kappa shape index (κ2) is 6.98. The number of benzene rings is 1. The van der Waals surface area contributed by atoms with E-state index in [2.05, 4.69) is 29.2 Å². The summed E-state index contributed by atoms with van der Waals surface area (Å²) in [6.07, 6.45) is 5.85. The molecule has 2 fully saturated rings. The molecule has 5 nitrogen and oxygen atoms in total. The zero-order valence-corrected chi connectivity index (χ0v) is 14.7. The SMILES string of the molecule is CCCc1noc([C@@H]2CCCCN2C(=O)[C@H]2C[C@@H]2c2ccccc2)n1. The highest BCUT2D eigenvalue weighted by molar-refractivity contribution is 5.83. The smallest absolute Gasteiger partial charge is 0.249 e. The number of likely N-dealkylation sites (tertiary alicyclic amines) is 1. The Balaban J connectivity index is 1.48. The van der Waals surface area contributed by atoms with Gasteiger partial charge >= 0.3 is 0 Å². The molecular weight excluding hydrogens is 314 g/mol. The number of carbonyl (C=O) groups excluding carboxylic acids is 1. The van der Waals surface area contributed by atoms with Crippen LogP contribution in [-0.4, -0.2) is 27.5 Å². The first-order valence-electron chi connectivity index (χ1n) is 9.46. The van der Waals surface area contributed by atoms with Crippen molar-refractivity contribution in [3.8, 4) is 0 Å². The molecule has 132 valence electrons. The number of piperidine rings is 1. The van der Waals surface area contributed by atoms with Gasteiger partial charge in [-0.1, -0.05) is 42.4 Å². The molecule has 0 spiro atoms. The molecule has 1 aromatic heterocycles. The maximum absolute atomic E-state index is 13.1. The predicted octanol–water partition coefficient (Wildman–Crippen LogP) is 3.88. The maximum Gasteiger partial charge on any atom is 0.249 e. The molecule has 1 saturated heterocycles. The van der Waals surface area contributed by atoms with Crippen molar-refractivity contribution in [1.29, 1.82) is 0 Å². The van der Waals surface area contributed by atoms with Crippen molar-refractivity contribution in [2.45, 2.75) is 57.4 Å². The third kappa shape index (κ3) is 3.32. The number of hydrogen-bond acceptors (Lipinski definition) is 4. The van der Waals surface area contributed by atoms with Gasteiger partial charge in [0.2, 0.25) is 11.8 Å². The Hall–Kier alpha value is -2.17. The normalized spacial score (nSPS) is 25.8. The topological polar surface area (TPSA) is 59.2 Å². The third-order valence-electron chi connectivity index (χ3n) is 5.36. The highest BCUT2D eigenvalue weighted by Gasteiger charge is 2.47. The summed E-state index contributed by atoms with van der Waals surface area (Å²) in [4.78, 5) is 19.6. The van der Waals surface area contributed by atoms with Gasteiger partial charge in [-0.25, -0.2) is 0 Å². The Labute approximate surface area is 148 Å². The molecule has 1 amide bonds. The summed E-state index contributed by atoms with van der Waals surface area (Å²) in [5.41, 5.74) is 1.28. The third-order valence-corrected chi connectivity index (χ3v) is 5.36. The van der Waals surface area contributed by atoms with Crippen molar-refractivity contribution in [2.75, 3.05) is 6.54 Å². The molecule has 25 heavy (non-hydrogen) atoms. The second-order valence-electron chi connectivity index (χ2n) is 7.20. The monoisotopic (exact) mass is 339 g/mol. The van der Waals surface area contributed by atoms with Crippen LogP contribution in [0.15, 0.2) is 34.9 Å². The molecule has 3 atom stereocenters. The van der Waals surface area contributed by atoms with Crippen molar-refractivity contribution in [1.82, 2.24) is 15.0 Å². The molecule has 0 unspecified atom stereocenters. The van der Waals surface area contributed by atoms with E-state index in [1.807, 2.05) is 23.1 Å². The molecule has 0 bridgehead atoms. The van der Waals surface area contributed by atoms with E-state index in [0.29, 0.717) is 11.8 Å². The minimum atomic E-state index is -0.0450. The average Bonchev–Trinajstić information content (AvgIpc) is 3.33. The zero-order valence-electron chi connectivity index (χ0n) is 14.7. The van der Waals surface area contributed by atoms with Crippen LogP contribution in [0.2, 0.25) is 0 Å². The van der Waals surface area contributed by atoms with Gasteiger partial charge in [0.05, 0.1) is 0 Å². The lowest BCUT2D eigenvalue weighted by Crippen LogP contribution is -2.39. The molecule has 1 aliphatic heterocycles. The predicted molar refractivity (Wildman–Crippen MR) is 93.9 cm³/mol. The van der Waals surface area contributed by atoms with Gasteiger partial charge in [0.1, 0.15) is 6.04 Å². The molecule has 2 heterocycles. The number of hydrogen-bond donors (Lipinski definition) is 0. The number of nitrogens with zero attached hydrogens (tertiary/aromatic N) is 3. The van der Waals surface area contributed by atoms with Crippen LogP contribution in [-0.2, 0) is 11.2 Å². The number of aromatic nitrogens is 2. The average molecular weight is 339 g/mol. The number of carbonyl (C=O) groups is 1. The van der Waals surface area contributed by atoms with Gasteiger partial charge in [0.25, 0.3) is 0 Å². The summed E-state index contributed by atoms with van der Waals surface area (Å²) in [6.45, 7) is 2.90. The summed E-state index contributed by atoms with van der Waals surface area (Å²) in [6, 6.07) is 10.3. The van der Waals surface area contributed by atoms with Gasteiger partial charge in [0, 0.05) is 18.9 Å². The van der Waals surface area contributed by atoms with E-state index in [-0.39, 0.29) is 17.9 Å². The number of amides is 1. The lowest BCUT2D eigenvalue weighted by Gasteiger charge is -2.33. The molecule has 1 saturated carbocycles. The first-order chi connectivity index (χ1) is 12.3. The Morgan fingerprint density at radius 2 is 2.12 bits per heavy atom. The second-order valence-corrected chi connectivity index (χ2v) is 7.20. The van der Waals surface area contributed by atoms with E-state index in [0.717, 1.165) is 50.9 Å². The Morgan fingerprint density at radius 3 is 2.92 bits per heavy atom. The van der Waals surface area contributed by atoms with Crippen molar-refractivity contribution < 1.29 is 9.32 Å². The van der Waals surface area contributed by atoms with E-state index < -0.39 is 0 Å². The molecule has 2 aromatic rings. The van der Waals surface area contributed by atoms with Gasteiger partial charge in [-0.05, 0) is 43.6 Å². The molecule has 2 aliphatic rings. The quantitative estimate of drug-likeness (QED) is 0.829. The highest BCUT2D eigenvalue weighted by Crippen LogP contribution is 2.49. The minimum absolute atomic E-state index is 0.0450. The van der Waals surface area contributed by atoms with E-state index in [1.165, 1.54) is 5.56 Å². The fourth-order valence-corrected chi connectivity index (χ4v) is 3.93. The summed E-state index contributed by atoms with van der Waals surface area (Å²) in [7, 11) is 0. The molecule has 1 aliphatic carbocycles. The lowest BCUT2D eigenvalue weighted by atomic mass is 10.0. The van der Waals surface area contributed by atoms with E-state index in [9.17, 15) is 4.79 Å². The maximum atomic E-state index is 13.1. The lowest BCUT2D eigenvalue weighted by molar-refractivity contribution is -0.137. The Kier molecular flexibility index (Phi) is 4.55. The molecular formula is C20H25N3O2. The van der Waals surface area contributed by atoms with Gasteiger partial charge in [-0.3, -0.25) is 4.79 Å². The zero-order chi connectivity index (χ0) is 17.2. The van der Waals surface area contributed by atoms with E-state index in [1.54, 1.807) is 0 Å². The van der Waals surface area contributed by atoms with Crippen molar-refractivity contribution >= 4 is 5.91 Å². The fraction of sp³-hybridized carbons (Fsp3) is 0.550. The molecule has 5 heteroatoms. The molecule has 1 aromatic carbocycles. The van der Waals surface area contributed by atoms with Gasteiger partial charge in [-0.15, -0.1) is 0 Å². The minimum Gasteiger partial charge on any atom is -0.337 e. The van der Waals surface area contributed by atoms with Gasteiger partial charge < -0.3 is 9.42 Å². The number of aryl methyl sites for hydroxylation is 1. The van der Waals surface area contributed by atoms with Crippen LogP contribution in [0.5, 0.6) is 0 Å². The largest absolute Gasteiger partial charge is 0.337 e. The van der Waals surface area contributed by atoms with Crippen LogP contribution in [0.1, 0.15) is 68.3 Å². The highest BCUT2D eigenvalue weighted by atomic mass is 16.5. The summed E-state index contributed by atoms with van der Waals surface area (Å²) in [5.74, 6) is 2.11. The molecule has 0 N–H and O–H groups in total. The Morgan fingerprint density at radius 1 is 1.28 bits per heavy atom. The van der Waals surface area contributed by atoms with E-state index in [4.69, 9.17) is 4.52 Å². The Bertz CT molecular complexity index is 728. The van der Waals surface area contributed by atoms with Crippen LogP contribution < -0.4 is 0 Å². The standard InChI is InChI=1S/C20H25N3O2/c1-2-8-18-21-19(25-22-18)17-11-6-7-12-23(17)20(24)16-13-15(16)14-9-4-3-5-10-14/h3-5,9-10,15-17H,2,6-8,11-13H2,1H3/t15-,16+,17+/m1/s1. The van der Waals surface area contributed by atoms with Crippen LogP contribution in [0.3, 0.4) is 0 Å². The van der Waals surface area contributed by atoms with Crippen molar-refractivity contribution in [3.05, 3.63) is 47.6 Å². The summed E-state index contributed by atoms with van der Waals surface area (Å²) < 4.78 is 5.49. The van der Waals surface area contributed by atoms with Gasteiger partial charge in [-0.2, -0.15) is 4.98 Å².